The molecule has 0 N–H and O–H groups in total. The van der Waals surface area contributed by atoms with E-state index in [1.165, 1.54) is 16.9 Å². The van der Waals surface area contributed by atoms with Crippen LogP contribution in [0.5, 0.6) is 5.75 Å². The Bertz CT molecular complexity index is 1120. The molecule has 0 spiro atoms. The maximum Gasteiger partial charge on any atom is 0.248 e. The fourth-order valence-electron chi connectivity index (χ4n) is 4.94. The molecule has 1 saturated heterocycles. The van der Waals surface area contributed by atoms with Gasteiger partial charge in [0.15, 0.2) is 0 Å². The summed E-state index contributed by atoms with van der Waals surface area (Å²) in [4.78, 5) is 21.2. The van der Waals surface area contributed by atoms with Gasteiger partial charge < -0.3 is 14.4 Å². The Morgan fingerprint density at radius 2 is 1.67 bits per heavy atom. The van der Waals surface area contributed by atoms with E-state index in [4.69, 9.17) is 9.47 Å². The van der Waals surface area contributed by atoms with Crippen molar-refractivity contribution in [2.24, 2.45) is 0 Å². The number of pyridine rings is 1. The van der Waals surface area contributed by atoms with Crippen LogP contribution < -0.4 is 4.74 Å². The fraction of sp³-hybridized carbons (Fsp3) is 0.538. The summed E-state index contributed by atoms with van der Waals surface area (Å²) in [7, 11) is 3.51. The number of carbonyl (C=O) groups excluding carboxylic acids is 1. The summed E-state index contributed by atoms with van der Waals surface area (Å²) in [5, 5.41) is 0. The molecule has 0 aliphatic carbocycles. The summed E-state index contributed by atoms with van der Waals surface area (Å²) in [6.07, 6.45) is 5.25. The van der Waals surface area contributed by atoms with E-state index in [1.54, 1.807) is 45.5 Å². The highest BCUT2D eigenvalue weighted by atomic mass is 32.2. The van der Waals surface area contributed by atoms with Gasteiger partial charge in [0, 0.05) is 44.6 Å². The molecule has 9 nitrogen and oxygen atoms in total. The van der Waals surface area contributed by atoms with Gasteiger partial charge in [-0.05, 0) is 81.7 Å². The summed E-state index contributed by atoms with van der Waals surface area (Å²) in [6.45, 7) is 4.97. The molecule has 2 aromatic rings. The van der Waals surface area contributed by atoms with Crippen LogP contribution in [0, 0.1) is 13.8 Å². The molecule has 0 unspecified atom stereocenters. The van der Waals surface area contributed by atoms with Crippen molar-refractivity contribution in [3.8, 4) is 5.75 Å². The first-order valence-electron chi connectivity index (χ1n) is 12.1. The van der Waals surface area contributed by atoms with Crippen LogP contribution in [0.15, 0.2) is 41.6 Å². The molecule has 0 bridgehead atoms. The minimum atomic E-state index is -3.70. The smallest absolute Gasteiger partial charge is 0.248 e. The highest BCUT2D eigenvalue weighted by Gasteiger charge is 2.39. The van der Waals surface area contributed by atoms with Gasteiger partial charge in [0.05, 0.1) is 18.6 Å². The molecule has 2 heterocycles. The maximum absolute atomic E-state index is 13.1. The SMILES string of the molecule is COc1cc(C)c(S(=O)(=O)N(C)CCOCC(=O)N2CCC(c3ccncc3)(N(C)C)CC2)c(C)c1. The minimum Gasteiger partial charge on any atom is -0.497 e. The number of aryl methyl sites for hydroxylation is 2. The molecule has 10 heteroatoms. The van der Waals surface area contributed by atoms with Crippen LogP contribution in [0.2, 0.25) is 0 Å². The number of likely N-dealkylation sites (tertiary alicyclic amines) is 1. The predicted octanol–water partition coefficient (Wildman–Crippen LogP) is 2.42. The predicted molar refractivity (Wildman–Crippen MR) is 139 cm³/mol. The van der Waals surface area contributed by atoms with Crippen LogP contribution in [0.1, 0.15) is 29.5 Å². The molecule has 0 radical (unpaired) electrons. The largest absolute Gasteiger partial charge is 0.497 e. The van der Waals surface area contributed by atoms with E-state index in [-0.39, 0.29) is 36.1 Å². The summed E-state index contributed by atoms with van der Waals surface area (Å²) in [5.41, 5.74) is 2.33. The van der Waals surface area contributed by atoms with Crippen LogP contribution in [0.25, 0.3) is 0 Å². The first kappa shape index (κ1) is 28.0. The summed E-state index contributed by atoms with van der Waals surface area (Å²) >= 11 is 0. The monoisotopic (exact) mass is 518 g/mol. The van der Waals surface area contributed by atoms with E-state index in [2.05, 4.69) is 24.0 Å². The van der Waals surface area contributed by atoms with Crippen LogP contribution >= 0.6 is 0 Å². The Balaban J connectivity index is 1.51. The number of hydrogen-bond donors (Lipinski definition) is 0. The number of piperidine rings is 1. The molecule has 1 amide bonds. The van der Waals surface area contributed by atoms with Gasteiger partial charge in [0.1, 0.15) is 12.4 Å². The second-order valence-corrected chi connectivity index (χ2v) is 11.5. The molecule has 1 fully saturated rings. The quantitative estimate of drug-likeness (QED) is 0.446. The average molecular weight is 519 g/mol. The van der Waals surface area contributed by atoms with E-state index < -0.39 is 10.0 Å². The third-order valence-electron chi connectivity index (χ3n) is 7.13. The summed E-state index contributed by atoms with van der Waals surface area (Å²) < 4.78 is 38.3. The second kappa shape index (κ2) is 11.7. The van der Waals surface area contributed by atoms with Gasteiger partial charge in [-0.2, -0.15) is 4.31 Å². The lowest BCUT2D eigenvalue weighted by Gasteiger charge is -2.46. The molecule has 0 atom stereocenters. The van der Waals surface area contributed by atoms with Gasteiger partial charge in [-0.1, -0.05) is 0 Å². The number of amides is 1. The molecule has 1 aliphatic heterocycles. The van der Waals surface area contributed by atoms with Crippen LogP contribution in [-0.4, -0.2) is 94.5 Å². The van der Waals surface area contributed by atoms with Crippen molar-refractivity contribution in [3.05, 3.63) is 53.3 Å². The lowest BCUT2D eigenvalue weighted by molar-refractivity contribution is -0.138. The first-order valence-corrected chi connectivity index (χ1v) is 13.5. The number of methoxy groups -OCH3 is 1. The second-order valence-electron chi connectivity index (χ2n) is 9.51. The Morgan fingerprint density at radius 3 is 2.19 bits per heavy atom. The number of hydrogen-bond acceptors (Lipinski definition) is 7. The number of benzene rings is 1. The van der Waals surface area contributed by atoms with Gasteiger partial charge >= 0.3 is 0 Å². The molecular weight excluding hydrogens is 480 g/mol. The summed E-state index contributed by atoms with van der Waals surface area (Å²) in [5.74, 6) is 0.541. The zero-order chi connectivity index (χ0) is 26.5. The Hall–Kier alpha value is -2.53. The highest BCUT2D eigenvalue weighted by Crippen LogP contribution is 2.37. The number of carbonyl (C=O) groups is 1. The number of nitrogens with zero attached hydrogens (tertiary/aromatic N) is 4. The van der Waals surface area contributed by atoms with E-state index in [0.717, 1.165) is 12.8 Å². The van der Waals surface area contributed by atoms with Crippen molar-refractivity contribution < 1.29 is 22.7 Å². The van der Waals surface area contributed by atoms with Gasteiger partial charge in [-0.15, -0.1) is 0 Å². The van der Waals surface area contributed by atoms with Gasteiger partial charge in [-0.25, -0.2) is 8.42 Å². The number of aromatic nitrogens is 1. The average Bonchev–Trinajstić information content (AvgIpc) is 2.86. The number of sulfonamides is 1. The molecule has 1 aliphatic rings. The van der Waals surface area contributed by atoms with Crippen LogP contribution in [0.3, 0.4) is 0 Å². The molecule has 1 aromatic heterocycles. The molecule has 0 saturated carbocycles. The highest BCUT2D eigenvalue weighted by molar-refractivity contribution is 7.89. The maximum atomic E-state index is 13.1. The van der Waals surface area contributed by atoms with Gasteiger partial charge in [0.25, 0.3) is 0 Å². The Morgan fingerprint density at radius 1 is 1.08 bits per heavy atom. The molecule has 1 aromatic carbocycles. The number of likely N-dealkylation sites (N-methyl/N-ethyl adjacent to an activating group) is 1. The minimum absolute atomic E-state index is 0.0707. The zero-order valence-electron chi connectivity index (χ0n) is 22.2. The van der Waals surface area contributed by atoms with Crippen molar-refractivity contribution in [2.75, 3.05) is 61.1 Å². The third kappa shape index (κ3) is 5.88. The van der Waals surface area contributed by atoms with Gasteiger partial charge in [-0.3, -0.25) is 14.7 Å². The van der Waals surface area contributed by atoms with Crippen molar-refractivity contribution in [2.45, 2.75) is 37.1 Å². The lowest BCUT2D eigenvalue weighted by atomic mass is 9.80. The Kier molecular flexibility index (Phi) is 9.10. The van der Waals surface area contributed by atoms with Crippen molar-refractivity contribution in [1.82, 2.24) is 19.1 Å². The number of ether oxygens (including phenoxy) is 2. The lowest BCUT2D eigenvalue weighted by Crippen LogP contribution is -2.52. The van der Waals surface area contributed by atoms with E-state index >= 15 is 0 Å². The van der Waals surface area contributed by atoms with Gasteiger partial charge in [0.2, 0.25) is 15.9 Å². The van der Waals surface area contributed by atoms with Crippen molar-refractivity contribution in [1.29, 1.82) is 0 Å². The van der Waals surface area contributed by atoms with Crippen molar-refractivity contribution in [3.63, 3.8) is 0 Å². The standard InChI is InChI=1S/C26H38N4O5S/c1-20-17-23(34-6)18-21(2)25(20)36(32,33)29(5)15-16-35-19-24(31)30-13-9-26(10-14-30,28(3)4)22-7-11-27-12-8-22/h7-8,11-12,17-18H,9-10,13-16,19H2,1-6H3. The first-order chi connectivity index (χ1) is 17.0. The third-order valence-corrected chi connectivity index (χ3v) is 9.29. The Labute approximate surface area is 215 Å². The van der Waals surface area contributed by atoms with E-state index in [0.29, 0.717) is 30.0 Å². The number of rotatable bonds is 10. The normalized spacial score (nSPS) is 15.9. The molecule has 198 valence electrons. The van der Waals surface area contributed by atoms with Crippen LogP contribution in [-0.2, 0) is 25.1 Å². The van der Waals surface area contributed by atoms with E-state index in [1.807, 2.05) is 17.0 Å². The van der Waals surface area contributed by atoms with Crippen molar-refractivity contribution >= 4 is 15.9 Å². The molecule has 3 rings (SSSR count). The fourth-order valence-corrected chi connectivity index (χ4v) is 6.50. The molecule has 36 heavy (non-hydrogen) atoms. The molecular formula is C26H38N4O5S. The summed E-state index contributed by atoms with van der Waals surface area (Å²) in [6, 6.07) is 7.50. The van der Waals surface area contributed by atoms with E-state index in [9.17, 15) is 13.2 Å². The topological polar surface area (TPSA) is 92.3 Å². The zero-order valence-corrected chi connectivity index (χ0v) is 23.0. The van der Waals surface area contributed by atoms with Crippen LogP contribution in [0.4, 0.5) is 0 Å².